The van der Waals surface area contributed by atoms with Crippen LogP contribution >= 0.6 is 11.8 Å². The van der Waals surface area contributed by atoms with E-state index < -0.39 is 50.4 Å². The molecule has 0 fully saturated rings. The first-order chi connectivity index (χ1) is 15.4. The normalized spacial score (nSPS) is 12.5. The van der Waals surface area contributed by atoms with Crippen molar-refractivity contribution >= 4 is 32.8 Å². The molecule has 0 bridgehead atoms. The van der Waals surface area contributed by atoms with Gasteiger partial charge >= 0.3 is 0 Å². The van der Waals surface area contributed by atoms with Crippen molar-refractivity contribution in [2.75, 3.05) is 13.1 Å². The lowest BCUT2D eigenvalue weighted by Crippen LogP contribution is -2.30. The maximum atomic E-state index is 14.1. The van der Waals surface area contributed by atoms with E-state index in [4.69, 9.17) is 0 Å². The fraction of sp³-hybridized carbons (Fsp3) is 0.381. The Balaban J connectivity index is 2.05. The topological polar surface area (TPSA) is 55.2 Å². The van der Waals surface area contributed by atoms with Gasteiger partial charge in [0.2, 0.25) is 15.8 Å². The molecular formula is C21H22F5N3O2S2. The van der Waals surface area contributed by atoms with Crippen molar-refractivity contribution in [2.45, 2.75) is 49.5 Å². The van der Waals surface area contributed by atoms with E-state index in [-0.39, 0.29) is 16.1 Å². The number of benzene rings is 2. The molecule has 2 aromatic carbocycles. The summed E-state index contributed by atoms with van der Waals surface area (Å²) in [7, 11) is -3.74. The molecule has 0 radical (unpaired) electrons. The zero-order chi connectivity index (χ0) is 24.7. The zero-order valence-corrected chi connectivity index (χ0v) is 19.9. The average Bonchev–Trinajstić information content (AvgIpc) is 3.14. The smallest absolute Gasteiger partial charge is 0.243 e. The van der Waals surface area contributed by atoms with Gasteiger partial charge in [0.15, 0.2) is 28.4 Å². The zero-order valence-electron chi connectivity index (χ0n) is 18.3. The molecule has 33 heavy (non-hydrogen) atoms. The second-order valence-electron chi connectivity index (χ2n) is 7.44. The van der Waals surface area contributed by atoms with Gasteiger partial charge < -0.3 is 4.57 Å². The van der Waals surface area contributed by atoms with Gasteiger partial charge in [-0.15, -0.1) is 0 Å². The number of nitrogens with zero attached hydrogens (tertiary/aromatic N) is 3. The van der Waals surface area contributed by atoms with Crippen LogP contribution in [0.5, 0.6) is 0 Å². The quantitative estimate of drug-likeness (QED) is 0.172. The molecule has 0 atom stereocenters. The van der Waals surface area contributed by atoms with Gasteiger partial charge in [-0.05, 0) is 32.0 Å². The molecule has 0 unspecified atom stereocenters. The van der Waals surface area contributed by atoms with E-state index in [0.29, 0.717) is 24.1 Å². The first-order valence-corrected chi connectivity index (χ1v) is 12.5. The van der Waals surface area contributed by atoms with E-state index in [0.717, 1.165) is 11.8 Å². The van der Waals surface area contributed by atoms with Crippen LogP contribution in [0.1, 0.15) is 39.3 Å². The van der Waals surface area contributed by atoms with Crippen molar-refractivity contribution in [1.82, 2.24) is 13.9 Å². The highest BCUT2D eigenvalue weighted by atomic mass is 32.2. The molecule has 0 saturated carbocycles. The highest BCUT2D eigenvalue weighted by Crippen LogP contribution is 2.33. The van der Waals surface area contributed by atoms with Crippen LogP contribution in [0.15, 0.2) is 28.3 Å². The lowest BCUT2D eigenvalue weighted by molar-refractivity contribution is 0.372. The number of hydrogen-bond acceptors (Lipinski definition) is 4. The fourth-order valence-electron chi connectivity index (χ4n) is 3.44. The van der Waals surface area contributed by atoms with Crippen LogP contribution in [0.4, 0.5) is 22.0 Å². The second-order valence-corrected chi connectivity index (χ2v) is 10.3. The summed E-state index contributed by atoms with van der Waals surface area (Å²) in [5, 5.41) is 0.251. The molecule has 1 aromatic heterocycles. The van der Waals surface area contributed by atoms with Gasteiger partial charge in [0, 0.05) is 30.4 Å². The van der Waals surface area contributed by atoms with Crippen molar-refractivity contribution in [3.63, 3.8) is 0 Å². The Morgan fingerprint density at radius 2 is 1.52 bits per heavy atom. The Bertz CT molecular complexity index is 1280. The molecule has 3 rings (SSSR count). The first-order valence-electron chi connectivity index (χ1n) is 10.1. The molecule has 0 aliphatic rings. The Morgan fingerprint density at radius 1 is 0.970 bits per heavy atom. The molecule has 3 aromatic rings. The van der Waals surface area contributed by atoms with Crippen LogP contribution in [0.2, 0.25) is 0 Å². The highest BCUT2D eigenvalue weighted by Gasteiger charge is 2.27. The minimum Gasteiger partial charge on any atom is -0.316 e. The average molecular weight is 508 g/mol. The van der Waals surface area contributed by atoms with E-state index in [1.54, 1.807) is 24.5 Å². The van der Waals surface area contributed by atoms with Gasteiger partial charge in [-0.1, -0.05) is 25.6 Å². The number of halogens is 5. The van der Waals surface area contributed by atoms with E-state index in [1.807, 2.05) is 13.8 Å². The van der Waals surface area contributed by atoms with E-state index in [1.165, 1.54) is 16.4 Å². The molecule has 0 aliphatic heterocycles. The lowest BCUT2D eigenvalue weighted by atomic mass is 10.2. The summed E-state index contributed by atoms with van der Waals surface area (Å²) in [6, 6.07) is 4.26. The molecule has 1 heterocycles. The molecule has 180 valence electrons. The number of aromatic nitrogens is 2. The number of sulfonamides is 1. The van der Waals surface area contributed by atoms with Crippen LogP contribution in [-0.4, -0.2) is 35.4 Å². The molecule has 0 spiro atoms. The maximum Gasteiger partial charge on any atom is 0.243 e. The van der Waals surface area contributed by atoms with Crippen molar-refractivity contribution in [2.24, 2.45) is 0 Å². The molecule has 0 N–H and O–H groups in total. The Morgan fingerprint density at radius 3 is 2.03 bits per heavy atom. The largest absolute Gasteiger partial charge is 0.316 e. The van der Waals surface area contributed by atoms with E-state index in [9.17, 15) is 30.4 Å². The summed E-state index contributed by atoms with van der Waals surface area (Å²) in [5.74, 6) is -10.6. The predicted octanol–water partition coefficient (Wildman–Crippen LogP) is 5.64. The summed E-state index contributed by atoms with van der Waals surface area (Å²) >= 11 is 0.791. The molecule has 0 amide bonds. The van der Waals surface area contributed by atoms with Crippen molar-refractivity contribution in [1.29, 1.82) is 0 Å². The molecule has 12 heteroatoms. The summed E-state index contributed by atoms with van der Waals surface area (Å²) in [4.78, 5) is 4.44. The van der Waals surface area contributed by atoms with Gasteiger partial charge in [-0.3, -0.25) is 0 Å². The highest BCUT2D eigenvalue weighted by molar-refractivity contribution is 7.98. The van der Waals surface area contributed by atoms with Crippen LogP contribution in [0, 0.1) is 29.1 Å². The summed E-state index contributed by atoms with van der Waals surface area (Å²) in [5.41, 5.74) is -0.0520. The van der Waals surface area contributed by atoms with E-state index >= 15 is 0 Å². The number of rotatable bonds is 8. The van der Waals surface area contributed by atoms with Crippen LogP contribution in [0.25, 0.3) is 11.0 Å². The first kappa shape index (κ1) is 25.4. The number of fused-ring (bicyclic) bond motifs is 1. The van der Waals surface area contributed by atoms with Gasteiger partial charge in [-0.25, -0.2) is 35.4 Å². The standard InChI is InChI=1S/C21H22F5N3O2S2/c1-5-28(6-2)33(30,31)12-7-8-15-14(9-12)27-21(29(15)11(3)4)32-10-13-16(22)18(24)20(26)19(25)17(13)23/h7-9,11H,5-6,10H2,1-4H3. The number of hydrogen-bond donors (Lipinski definition) is 0. The van der Waals surface area contributed by atoms with Crippen LogP contribution in [-0.2, 0) is 15.8 Å². The summed E-state index contributed by atoms with van der Waals surface area (Å²) < 4.78 is 97.2. The Kier molecular flexibility index (Phi) is 7.39. The summed E-state index contributed by atoms with van der Waals surface area (Å²) in [6.45, 7) is 7.68. The van der Waals surface area contributed by atoms with E-state index in [2.05, 4.69) is 4.98 Å². The van der Waals surface area contributed by atoms with Crippen LogP contribution < -0.4 is 0 Å². The molecular weight excluding hydrogens is 485 g/mol. The molecule has 0 saturated heterocycles. The van der Waals surface area contributed by atoms with Gasteiger partial charge in [0.25, 0.3) is 0 Å². The van der Waals surface area contributed by atoms with Crippen molar-refractivity contribution in [3.8, 4) is 0 Å². The fourth-order valence-corrected chi connectivity index (χ4v) is 6.06. The summed E-state index contributed by atoms with van der Waals surface area (Å²) in [6.07, 6.45) is 0. The third kappa shape index (κ3) is 4.47. The predicted molar refractivity (Wildman–Crippen MR) is 116 cm³/mol. The Hall–Kier alpha value is -2.18. The third-order valence-corrected chi connectivity index (χ3v) is 8.16. The molecule has 5 nitrogen and oxygen atoms in total. The van der Waals surface area contributed by atoms with Crippen molar-refractivity contribution < 1.29 is 30.4 Å². The van der Waals surface area contributed by atoms with Gasteiger partial charge in [-0.2, -0.15) is 4.31 Å². The second kappa shape index (κ2) is 9.59. The van der Waals surface area contributed by atoms with Gasteiger partial charge in [0.1, 0.15) is 0 Å². The lowest BCUT2D eigenvalue weighted by Gasteiger charge is -2.18. The van der Waals surface area contributed by atoms with Crippen LogP contribution in [0.3, 0.4) is 0 Å². The maximum absolute atomic E-state index is 14.1. The minimum absolute atomic E-state index is 0.0448. The van der Waals surface area contributed by atoms with Gasteiger partial charge in [0.05, 0.1) is 15.9 Å². The number of thioether (sulfide) groups is 1. The molecule has 0 aliphatic carbocycles. The Labute approximate surface area is 192 Å². The SMILES string of the molecule is CCN(CC)S(=O)(=O)c1ccc2c(c1)nc(SCc1c(F)c(F)c(F)c(F)c1F)n2C(C)C. The number of imidazole rings is 1. The monoisotopic (exact) mass is 507 g/mol. The third-order valence-electron chi connectivity index (χ3n) is 5.13. The van der Waals surface area contributed by atoms with Crippen molar-refractivity contribution in [3.05, 3.63) is 52.8 Å². The minimum atomic E-state index is -3.74.